The topological polar surface area (TPSA) is 95.5 Å². The van der Waals surface area contributed by atoms with Gasteiger partial charge in [-0.1, -0.05) is 34.1 Å². The molecule has 33 heavy (non-hydrogen) atoms. The second kappa shape index (κ2) is 10.2. The third kappa shape index (κ3) is 5.50. The Morgan fingerprint density at radius 2 is 1.88 bits per heavy atom. The van der Waals surface area contributed by atoms with Gasteiger partial charge in [-0.2, -0.15) is 5.10 Å². The molecule has 0 saturated heterocycles. The van der Waals surface area contributed by atoms with Gasteiger partial charge in [-0.15, -0.1) is 0 Å². The molecule has 0 aromatic heterocycles. The van der Waals surface area contributed by atoms with Crippen molar-refractivity contribution in [3.8, 4) is 23.0 Å². The number of hydrogen-bond donors (Lipinski definition) is 1. The molecular formula is C24H19BrN2O6. The minimum atomic E-state index is -0.814. The standard InChI is InChI=1S/C24H19BrN2O6/c1-30-21-11-15(9-10-20(21)33-24(29)16-5-4-6-17(25)12-16)13-26-27-23(28)22-14-31-18-7-2-3-8-19(18)32-22/h2-13,22H,14H2,1H3,(H,27,28)/b26-13-/t22-/m0/s1. The Labute approximate surface area is 198 Å². The number of para-hydroxylation sites is 2. The Morgan fingerprint density at radius 3 is 2.67 bits per heavy atom. The molecule has 0 spiro atoms. The van der Waals surface area contributed by atoms with Gasteiger partial charge < -0.3 is 18.9 Å². The van der Waals surface area contributed by atoms with Crippen LogP contribution in [0.4, 0.5) is 0 Å². The number of carbonyl (C=O) groups is 2. The maximum Gasteiger partial charge on any atom is 0.343 e. The van der Waals surface area contributed by atoms with Crippen molar-refractivity contribution >= 4 is 34.0 Å². The van der Waals surface area contributed by atoms with Crippen molar-refractivity contribution in [3.05, 3.63) is 82.3 Å². The van der Waals surface area contributed by atoms with Gasteiger partial charge in [0.05, 0.1) is 18.9 Å². The van der Waals surface area contributed by atoms with Gasteiger partial charge in [0.2, 0.25) is 6.10 Å². The molecule has 0 radical (unpaired) electrons. The number of benzene rings is 3. The number of amides is 1. The lowest BCUT2D eigenvalue weighted by molar-refractivity contribution is -0.130. The van der Waals surface area contributed by atoms with Crippen LogP contribution in [0.15, 0.2) is 76.3 Å². The summed E-state index contributed by atoms with van der Waals surface area (Å²) in [5, 5.41) is 3.97. The maximum absolute atomic E-state index is 12.4. The fourth-order valence-corrected chi connectivity index (χ4v) is 3.41. The van der Waals surface area contributed by atoms with Gasteiger partial charge in [0, 0.05) is 4.47 Å². The lowest BCUT2D eigenvalue weighted by Crippen LogP contribution is -2.42. The Morgan fingerprint density at radius 1 is 1.06 bits per heavy atom. The number of methoxy groups -OCH3 is 1. The van der Waals surface area contributed by atoms with Gasteiger partial charge in [0.1, 0.15) is 6.61 Å². The molecular weight excluding hydrogens is 492 g/mol. The van der Waals surface area contributed by atoms with Crippen LogP contribution in [0.5, 0.6) is 23.0 Å². The third-order valence-electron chi connectivity index (χ3n) is 4.64. The number of ether oxygens (including phenoxy) is 4. The normalized spacial score (nSPS) is 14.5. The number of rotatable bonds is 6. The van der Waals surface area contributed by atoms with E-state index in [2.05, 4.69) is 26.5 Å². The molecule has 3 aromatic carbocycles. The van der Waals surface area contributed by atoms with Crippen molar-refractivity contribution in [2.75, 3.05) is 13.7 Å². The molecule has 0 aliphatic carbocycles. The van der Waals surface area contributed by atoms with Crippen molar-refractivity contribution in [1.29, 1.82) is 0 Å². The lowest BCUT2D eigenvalue weighted by atomic mass is 10.2. The van der Waals surface area contributed by atoms with Crippen molar-refractivity contribution in [1.82, 2.24) is 5.43 Å². The van der Waals surface area contributed by atoms with Crippen LogP contribution < -0.4 is 24.4 Å². The average Bonchev–Trinajstić information content (AvgIpc) is 2.84. The molecule has 1 aliphatic heterocycles. The quantitative estimate of drug-likeness (QED) is 0.233. The monoisotopic (exact) mass is 510 g/mol. The van der Waals surface area contributed by atoms with Gasteiger partial charge in [-0.05, 0) is 54.1 Å². The van der Waals surface area contributed by atoms with E-state index < -0.39 is 18.0 Å². The Bertz CT molecular complexity index is 1210. The maximum atomic E-state index is 12.4. The number of nitrogens with one attached hydrogen (secondary N) is 1. The molecule has 3 aromatic rings. The molecule has 0 saturated carbocycles. The Balaban J connectivity index is 1.37. The number of hydrazone groups is 1. The molecule has 168 valence electrons. The summed E-state index contributed by atoms with van der Waals surface area (Å²) in [5.74, 6) is 0.750. The lowest BCUT2D eigenvalue weighted by Gasteiger charge is -2.24. The van der Waals surface area contributed by atoms with Crippen LogP contribution in [-0.4, -0.2) is 37.9 Å². The highest BCUT2D eigenvalue weighted by Gasteiger charge is 2.27. The summed E-state index contributed by atoms with van der Waals surface area (Å²) in [7, 11) is 1.47. The smallest absolute Gasteiger partial charge is 0.343 e. The number of nitrogens with zero attached hydrogens (tertiary/aromatic N) is 1. The molecule has 0 unspecified atom stereocenters. The fourth-order valence-electron chi connectivity index (χ4n) is 3.01. The highest BCUT2D eigenvalue weighted by Crippen LogP contribution is 2.31. The van der Waals surface area contributed by atoms with E-state index >= 15 is 0 Å². The van der Waals surface area contributed by atoms with Crippen LogP contribution in [0.2, 0.25) is 0 Å². The first-order valence-corrected chi connectivity index (χ1v) is 10.7. The first-order valence-electron chi connectivity index (χ1n) is 9.90. The predicted molar refractivity (Wildman–Crippen MR) is 124 cm³/mol. The van der Waals surface area contributed by atoms with E-state index in [4.69, 9.17) is 18.9 Å². The van der Waals surface area contributed by atoms with Crippen LogP contribution in [0.1, 0.15) is 15.9 Å². The van der Waals surface area contributed by atoms with Crippen molar-refractivity contribution in [2.24, 2.45) is 5.10 Å². The van der Waals surface area contributed by atoms with Crippen LogP contribution in [0.3, 0.4) is 0 Å². The molecule has 1 heterocycles. The Hall–Kier alpha value is -3.85. The number of esters is 1. The average molecular weight is 511 g/mol. The van der Waals surface area contributed by atoms with Crippen molar-refractivity contribution < 1.29 is 28.5 Å². The molecule has 1 atom stereocenters. The van der Waals surface area contributed by atoms with Crippen LogP contribution in [0.25, 0.3) is 0 Å². The van der Waals surface area contributed by atoms with E-state index in [9.17, 15) is 9.59 Å². The molecule has 0 fully saturated rings. The summed E-state index contributed by atoms with van der Waals surface area (Å²) >= 11 is 3.33. The third-order valence-corrected chi connectivity index (χ3v) is 5.13. The summed E-state index contributed by atoms with van der Waals surface area (Å²) < 4.78 is 22.7. The fraction of sp³-hybridized carbons (Fsp3) is 0.125. The first-order chi connectivity index (χ1) is 16.0. The van der Waals surface area contributed by atoms with E-state index in [0.29, 0.717) is 28.4 Å². The van der Waals surface area contributed by atoms with Gasteiger partial charge in [-0.3, -0.25) is 4.79 Å². The van der Waals surface area contributed by atoms with Crippen molar-refractivity contribution in [2.45, 2.75) is 6.10 Å². The summed E-state index contributed by atoms with van der Waals surface area (Å²) in [6, 6.07) is 18.9. The zero-order valence-corrected chi connectivity index (χ0v) is 19.1. The van der Waals surface area contributed by atoms with E-state index in [1.165, 1.54) is 13.3 Å². The van der Waals surface area contributed by atoms with E-state index in [1.54, 1.807) is 54.6 Å². The molecule has 4 rings (SSSR count). The zero-order valence-electron chi connectivity index (χ0n) is 17.5. The summed E-state index contributed by atoms with van der Waals surface area (Å²) in [5.41, 5.74) is 3.46. The number of halogens is 1. The van der Waals surface area contributed by atoms with Crippen LogP contribution in [-0.2, 0) is 4.79 Å². The molecule has 1 N–H and O–H groups in total. The summed E-state index contributed by atoms with van der Waals surface area (Å²) in [6.45, 7) is 0.0875. The molecule has 8 nitrogen and oxygen atoms in total. The second-order valence-electron chi connectivity index (χ2n) is 6.91. The molecule has 0 bridgehead atoms. The summed E-state index contributed by atoms with van der Waals surface area (Å²) in [4.78, 5) is 24.7. The minimum absolute atomic E-state index is 0.0875. The Kier molecular flexibility index (Phi) is 6.89. The van der Waals surface area contributed by atoms with Gasteiger partial charge in [-0.25, -0.2) is 10.2 Å². The van der Waals surface area contributed by atoms with E-state index in [-0.39, 0.29) is 12.4 Å². The highest BCUT2D eigenvalue weighted by molar-refractivity contribution is 9.10. The number of hydrogen-bond acceptors (Lipinski definition) is 7. The zero-order chi connectivity index (χ0) is 23.2. The van der Waals surface area contributed by atoms with E-state index in [0.717, 1.165) is 4.47 Å². The number of fused-ring (bicyclic) bond motifs is 1. The summed E-state index contributed by atoms with van der Waals surface area (Å²) in [6.07, 6.45) is 0.629. The van der Waals surface area contributed by atoms with Gasteiger partial charge in [0.15, 0.2) is 23.0 Å². The van der Waals surface area contributed by atoms with Crippen molar-refractivity contribution in [3.63, 3.8) is 0 Å². The molecule has 1 amide bonds. The predicted octanol–water partition coefficient (Wildman–Crippen LogP) is 3.97. The van der Waals surface area contributed by atoms with Crippen LogP contribution >= 0.6 is 15.9 Å². The highest BCUT2D eigenvalue weighted by atomic mass is 79.9. The van der Waals surface area contributed by atoms with E-state index in [1.807, 2.05) is 12.1 Å². The second-order valence-corrected chi connectivity index (χ2v) is 7.82. The van der Waals surface area contributed by atoms with Gasteiger partial charge in [0.25, 0.3) is 5.91 Å². The largest absolute Gasteiger partial charge is 0.493 e. The number of carbonyl (C=O) groups excluding carboxylic acids is 2. The van der Waals surface area contributed by atoms with Gasteiger partial charge >= 0.3 is 5.97 Å². The SMILES string of the molecule is COc1cc(/C=N\NC(=O)[C@@H]2COc3ccccc3O2)ccc1OC(=O)c1cccc(Br)c1. The van der Waals surface area contributed by atoms with Crippen LogP contribution in [0, 0.1) is 0 Å². The molecule has 1 aliphatic rings. The molecule has 9 heteroatoms. The minimum Gasteiger partial charge on any atom is -0.493 e. The first kappa shape index (κ1) is 22.3.